The number of fused-ring (bicyclic) bond motifs is 1. The Morgan fingerprint density at radius 3 is 2.48 bits per heavy atom. The van der Waals surface area contributed by atoms with Crippen LogP contribution in [-0.4, -0.2) is 32.6 Å². The molecule has 0 unspecified atom stereocenters. The van der Waals surface area contributed by atoms with Crippen molar-refractivity contribution in [3.8, 4) is 11.5 Å². The van der Waals surface area contributed by atoms with Crippen molar-refractivity contribution in [3.63, 3.8) is 0 Å². The fraction of sp³-hybridized carbons (Fsp3) is 0.429. The molecule has 0 aromatic heterocycles. The zero-order chi connectivity index (χ0) is 18.2. The number of hydrogen-bond acceptors (Lipinski definition) is 3. The normalized spacial score (nSPS) is 21.2. The Bertz CT molecular complexity index is 757. The smallest absolute Gasteiger partial charge is 0.129 e. The van der Waals surface area contributed by atoms with Gasteiger partial charge in [0.05, 0.1) is 7.11 Å². The van der Waals surface area contributed by atoms with E-state index in [9.17, 15) is 0 Å². The average Bonchev–Trinajstić information content (AvgIpc) is 2.75. The van der Waals surface area contributed by atoms with Gasteiger partial charge in [0, 0.05) is 23.0 Å². The van der Waals surface area contributed by atoms with Gasteiger partial charge in [0.1, 0.15) is 17.6 Å². The Hall–Kier alpha value is -1.71. The minimum Gasteiger partial charge on any atom is -0.497 e. The minimum atomic E-state index is -0.0408. The van der Waals surface area contributed by atoms with E-state index in [1.807, 2.05) is 30.3 Å². The molecule has 0 heterocycles. The van der Waals surface area contributed by atoms with E-state index < -0.39 is 0 Å². The molecule has 0 fully saturated rings. The number of halogens is 1. The molecular weight excluding hydrogens is 334 g/mol. The second-order valence-corrected chi connectivity index (χ2v) is 7.98. The third-order valence-electron chi connectivity index (χ3n) is 5.17. The highest BCUT2D eigenvalue weighted by Gasteiger charge is 2.48. The van der Waals surface area contributed by atoms with Gasteiger partial charge in [0.15, 0.2) is 0 Å². The Morgan fingerprint density at radius 1 is 1.08 bits per heavy atom. The first-order valence-electron chi connectivity index (χ1n) is 8.58. The zero-order valence-corrected chi connectivity index (χ0v) is 16.3. The van der Waals surface area contributed by atoms with E-state index in [0.29, 0.717) is 10.9 Å². The number of hydrogen-bond donors (Lipinski definition) is 0. The Labute approximate surface area is 155 Å². The molecule has 0 amide bonds. The molecule has 25 heavy (non-hydrogen) atoms. The lowest BCUT2D eigenvalue weighted by atomic mass is 9.77. The second-order valence-electron chi connectivity index (χ2n) is 7.54. The summed E-state index contributed by atoms with van der Waals surface area (Å²) in [7, 11) is 5.91. The molecular formula is C21H26ClNO2. The van der Waals surface area contributed by atoms with Gasteiger partial charge in [-0.1, -0.05) is 37.6 Å². The summed E-state index contributed by atoms with van der Waals surface area (Å²) in [5, 5.41) is 0.685. The molecule has 3 rings (SSSR count). The summed E-state index contributed by atoms with van der Waals surface area (Å²) >= 11 is 6.15. The molecule has 134 valence electrons. The molecule has 0 bridgehead atoms. The van der Waals surface area contributed by atoms with Crippen LogP contribution in [-0.2, 0) is 5.41 Å². The van der Waals surface area contributed by atoms with Crippen LogP contribution in [0.4, 0.5) is 0 Å². The van der Waals surface area contributed by atoms with Crippen LogP contribution in [0.1, 0.15) is 31.1 Å². The number of ether oxygens (including phenoxy) is 2. The predicted octanol–water partition coefficient (Wildman–Crippen LogP) is 4.94. The maximum Gasteiger partial charge on any atom is 0.129 e. The monoisotopic (exact) mass is 359 g/mol. The molecule has 2 atom stereocenters. The molecule has 0 spiro atoms. The van der Waals surface area contributed by atoms with Crippen LogP contribution in [0.25, 0.3) is 0 Å². The molecule has 2 aromatic rings. The van der Waals surface area contributed by atoms with E-state index >= 15 is 0 Å². The van der Waals surface area contributed by atoms with Gasteiger partial charge >= 0.3 is 0 Å². The van der Waals surface area contributed by atoms with Crippen LogP contribution >= 0.6 is 11.6 Å². The number of methoxy groups -OCH3 is 1. The van der Waals surface area contributed by atoms with E-state index in [4.69, 9.17) is 21.1 Å². The highest BCUT2D eigenvalue weighted by atomic mass is 35.5. The third kappa shape index (κ3) is 3.49. The molecule has 3 nitrogen and oxygen atoms in total. The molecule has 4 heteroatoms. The van der Waals surface area contributed by atoms with Crippen LogP contribution in [0.5, 0.6) is 11.5 Å². The first-order chi connectivity index (χ1) is 11.8. The van der Waals surface area contributed by atoms with Gasteiger partial charge in [-0.25, -0.2) is 0 Å². The summed E-state index contributed by atoms with van der Waals surface area (Å²) in [6, 6.07) is 13.9. The first kappa shape index (κ1) is 18.1. The highest BCUT2D eigenvalue weighted by molar-refractivity contribution is 6.30. The summed E-state index contributed by atoms with van der Waals surface area (Å²) in [6.07, 6.45) is -0.0408. The van der Waals surface area contributed by atoms with Crippen LogP contribution in [0.2, 0.25) is 5.02 Å². The summed E-state index contributed by atoms with van der Waals surface area (Å²) in [5.74, 6) is 1.98. The van der Waals surface area contributed by atoms with E-state index in [-0.39, 0.29) is 11.5 Å². The van der Waals surface area contributed by atoms with Crippen molar-refractivity contribution in [3.05, 3.63) is 58.6 Å². The maximum atomic E-state index is 6.46. The van der Waals surface area contributed by atoms with Gasteiger partial charge in [-0.3, -0.25) is 0 Å². The summed E-state index contributed by atoms with van der Waals surface area (Å²) in [5.41, 5.74) is 2.54. The van der Waals surface area contributed by atoms with E-state index in [2.05, 4.69) is 45.0 Å². The predicted molar refractivity (Wildman–Crippen MR) is 103 cm³/mol. The van der Waals surface area contributed by atoms with E-state index in [1.165, 1.54) is 11.1 Å². The maximum absolute atomic E-state index is 6.46. The lowest BCUT2D eigenvalue weighted by molar-refractivity contribution is 0.0911. The van der Waals surface area contributed by atoms with Gasteiger partial charge in [0.2, 0.25) is 0 Å². The van der Waals surface area contributed by atoms with Gasteiger partial charge in [-0.05, 0) is 55.4 Å². The highest BCUT2D eigenvalue weighted by Crippen LogP contribution is 2.52. The fourth-order valence-electron chi connectivity index (χ4n) is 3.83. The van der Waals surface area contributed by atoms with Crippen molar-refractivity contribution >= 4 is 11.6 Å². The van der Waals surface area contributed by atoms with Crippen LogP contribution in [0.3, 0.4) is 0 Å². The molecule has 1 aliphatic rings. The van der Waals surface area contributed by atoms with Gasteiger partial charge in [-0.2, -0.15) is 0 Å². The summed E-state index contributed by atoms with van der Waals surface area (Å²) in [4.78, 5) is 2.23. The largest absolute Gasteiger partial charge is 0.497 e. The molecule has 0 radical (unpaired) electrons. The lowest BCUT2D eigenvalue weighted by Gasteiger charge is -2.33. The molecule has 0 saturated heterocycles. The number of nitrogens with zero attached hydrogens (tertiary/aromatic N) is 1. The topological polar surface area (TPSA) is 21.7 Å². The second kappa shape index (κ2) is 6.89. The van der Waals surface area contributed by atoms with E-state index in [0.717, 1.165) is 18.0 Å². The average molecular weight is 360 g/mol. The standard InChI is InChI=1S/C21H26ClNO2/c1-21(2)18-10-9-15(24-5)12-17(18)20(19(21)13-23(3)4)25-16-8-6-7-14(22)11-16/h6-12,19-20H,13H2,1-5H3/t19-,20-/m1/s1. The summed E-state index contributed by atoms with van der Waals surface area (Å²) in [6.45, 7) is 5.54. The lowest BCUT2D eigenvalue weighted by Crippen LogP contribution is -2.36. The van der Waals surface area contributed by atoms with Crippen LogP contribution in [0.15, 0.2) is 42.5 Å². The molecule has 0 saturated carbocycles. The molecule has 0 aliphatic heterocycles. The van der Waals surface area contributed by atoms with Gasteiger partial charge < -0.3 is 14.4 Å². The fourth-order valence-corrected chi connectivity index (χ4v) is 4.02. The van der Waals surface area contributed by atoms with Crippen molar-refractivity contribution in [2.24, 2.45) is 5.92 Å². The van der Waals surface area contributed by atoms with Crippen molar-refractivity contribution in [1.29, 1.82) is 0 Å². The quantitative estimate of drug-likeness (QED) is 0.754. The Morgan fingerprint density at radius 2 is 1.84 bits per heavy atom. The van der Waals surface area contributed by atoms with Crippen molar-refractivity contribution in [2.75, 3.05) is 27.7 Å². The Kier molecular flexibility index (Phi) is 4.99. The molecule has 2 aromatic carbocycles. The first-order valence-corrected chi connectivity index (χ1v) is 8.96. The van der Waals surface area contributed by atoms with Crippen LogP contribution < -0.4 is 9.47 Å². The summed E-state index contributed by atoms with van der Waals surface area (Å²) < 4.78 is 11.9. The minimum absolute atomic E-state index is 0.00904. The Balaban J connectivity index is 2.05. The molecule has 1 aliphatic carbocycles. The van der Waals surface area contributed by atoms with Gasteiger partial charge in [0.25, 0.3) is 0 Å². The van der Waals surface area contributed by atoms with Crippen molar-refractivity contribution in [2.45, 2.75) is 25.4 Å². The van der Waals surface area contributed by atoms with Crippen molar-refractivity contribution < 1.29 is 9.47 Å². The molecule has 0 N–H and O–H groups in total. The number of benzene rings is 2. The van der Waals surface area contributed by atoms with Gasteiger partial charge in [-0.15, -0.1) is 0 Å². The number of rotatable bonds is 5. The van der Waals surface area contributed by atoms with Crippen LogP contribution in [0, 0.1) is 5.92 Å². The third-order valence-corrected chi connectivity index (χ3v) is 5.41. The van der Waals surface area contributed by atoms with E-state index in [1.54, 1.807) is 7.11 Å². The van der Waals surface area contributed by atoms with Crippen molar-refractivity contribution in [1.82, 2.24) is 4.90 Å². The zero-order valence-electron chi connectivity index (χ0n) is 15.5. The SMILES string of the molecule is COc1ccc2c(c1)[C@@H](Oc1cccc(Cl)c1)[C@@H](CN(C)C)C2(C)C.